The second kappa shape index (κ2) is 12.5. The van der Waals surface area contributed by atoms with Crippen molar-refractivity contribution in [3.05, 3.63) is 29.1 Å². The number of hydrogen-bond donors (Lipinski definition) is 1. The molecule has 0 fully saturated rings. The number of nitrogens with zero attached hydrogens (tertiary/aromatic N) is 4. The Morgan fingerprint density at radius 3 is 2.50 bits per heavy atom. The predicted molar refractivity (Wildman–Crippen MR) is 106 cm³/mol. The minimum absolute atomic E-state index is 0. The number of tetrazole rings is 1. The van der Waals surface area contributed by atoms with E-state index in [2.05, 4.69) is 54.4 Å². The third-order valence-corrected chi connectivity index (χ3v) is 5.07. The first-order valence-electron chi connectivity index (χ1n) is 10.1. The van der Waals surface area contributed by atoms with E-state index in [0.29, 0.717) is 18.2 Å². The molecular weight excluding hydrogens is 363 g/mol. The van der Waals surface area contributed by atoms with Crippen LogP contribution in [0.1, 0.15) is 83.2 Å². The van der Waals surface area contributed by atoms with Crippen molar-refractivity contribution in [3.63, 3.8) is 0 Å². The number of aryl methyl sites for hydroxylation is 2. The fraction of sp³-hybridized carbons (Fsp3) is 0.667. The van der Waals surface area contributed by atoms with Crippen molar-refractivity contribution in [1.29, 1.82) is 0 Å². The summed E-state index contributed by atoms with van der Waals surface area (Å²) >= 11 is 0. The third-order valence-electron chi connectivity index (χ3n) is 5.07. The molecule has 0 bridgehead atoms. The second-order valence-corrected chi connectivity index (χ2v) is 7.79. The van der Waals surface area contributed by atoms with Crippen LogP contribution in [0.5, 0.6) is 11.5 Å². The van der Waals surface area contributed by atoms with Gasteiger partial charge in [-0.25, -0.2) is 0 Å². The molecule has 7 heteroatoms. The Bertz CT molecular complexity index is 690. The Kier molecular flexibility index (Phi) is 11.1. The van der Waals surface area contributed by atoms with Gasteiger partial charge in [-0.2, -0.15) is 0 Å². The van der Waals surface area contributed by atoms with Gasteiger partial charge in [0.15, 0.2) is 0 Å². The normalized spacial score (nSPS) is 11.3. The minimum Gasteiger partial charge on any atom is -0.508 e. The second-order valence-electron chi connectivity index (χ2n) is 7.79. The van der Waals surface area contributed by atoms with Gasteiger partial charge in [0.2, 0.25) is 0 Å². The number of aromatic hydroxyl groups is 1. The first-order chi connectivity index (χ1) is 13.0. The molecule has 28 heavy (non-hydrogen) atoms. The Morgan fingerprint density at radius 2 is 1.86 bits per heavy atom. The van der Waals surface area contributed by atoms with Gasteiger partial charge in [-0.05, 0) is 49.3 Å². The zero-order valence-corrected chi connectivity index (χ0v) is 20.2. The first-order valence-corrected chi connectivity index (χ1v) is 10.1. The zero-order valence-electron chi connectivity index (χ0n) is 18.2. The summed E-state index contributed by atoms with van der Waals surface area (Å²) in [4.78, 5) is 0. The quantitative estimate of drug-likeness (QED) is 0.431. The molecule has 0 saturated carbocycles. The summed E-state index contributed by atoms with van der Waals surface area (Å²) in [5, 5.41) is 25.4. The van der Waals surface area contributed by atoms with Gasteiger partial charge in [0, 0.05) is 17.3 Å². The molecule has 0 spiro atoms. The summed E-state index contributed by atoms with van der Waals surface area (Å²) in [5.74, 6) is 1.89. The average Bonchev–Trinajstić information content (AvgIpc) is 3.19. The van der Waals surface area contributed by atoms with Crippen molar-refractivity contribution in [2.75, 3.05) is 6.61 Å². The summed E-state index contributed by atoms with van der Waals surface area (Å²) in [6, 6.07) is 3.89. The number of rotatable bonds is 12. The topological polar surface area (TPSA) is 82.2 Å². The van der Waals surface area contributed by atoms with E-state index in [9.17, 15) is 5.11 Å². The van der Waals surface area contributed by atoms with Crippen LogP contribution in [-0.2, 0) is 18.3 Å². The molecule has 1 aromatic carbocycles. The van der Waals surface area contributed by atoms with Crippen molar-refractivity contribution >= 4 is 0 Å². The van der Waals surface area contributed by atoms with E-state index in [-0.39, 0.29) is 35.0 Å². The Hall–Kier alpha value is -1.11. The Morgan fingerprint density at radius 1 is 1.07 bits per heavy atom. The molecular formula is C21H33N4NaO2. The summed E-state index contributed by atoms with van der Waals surface area (Å²) in [7, 11) is 0. The van der Waals surface area contributed by atoms with Crippen LogP contribution in [0.4, 0.5) is 0 Å². The summed E-state index contributed by atoms with van der Waals surface area (Å²) < 4.78 is 5.97. The van der Waals surface area contributed by atoms with Gasteiger partial charge in [-0.1, -0.05) is 47.0 Å². The molecule has 2 aromatic rings. The number of phenolic OH excluding ortho intramolecular Hbond substituents is 1. The SMILES string of the molecule is CCCCc1cc(CC)c(OCCCCCC(C)(C)c2nn[n-]n2)cc1O.[Na+]. The molecule has 150 valence electrons. The van der Waals surface area contributed by atoms with Gasteiger partial charge < -0.3 is 14.9 Å². The molecule has 1 aromatic heterocycles. The number of ether oxygens (including phenoxy) is 1. The van der Waals surface area contributed by atoms with Gasteiger partial charge >= 0.3 is 29.6 Å². The van der Waals surface area contributed by atoms with E-state index in [1.807, 2.05) is 0 Å². The first kappa shape index (κ1) is 24.9. The Balaban J connectivity index is 0.00000392. The van der Waals surface area contributed by atoms with Crippen LogP contribution >= 0.6 is 0 Å². The van der Waals surface area contributed by atoms with Gasteiger partial charge in [0.1, 0.15) is 11.5 Å². The van der Waals surface area contributed by atoms with Crippen molar-refractivity contribution in [3.8, 4) is 11.5 Å². The number of phenols is 1. The van der Waals surface area contributed by atoms with Crippen molar-refractivity contribution in [1.82, 2.24) is 20.6 Å². The van der Waals surface area contributed by atoms with E-state index in [4.69, 9.17) is 4.74 Å². The average molecular weight is 397 g/mol. The van der Waals surface area contributed by atoms with Crippen molar-refractivity contribution in [2.45, 2.75) is 84.5 Å². The third kappa shape index (κ3) is 7.37. The summed E-state index contributed by atoms with van der Waals surface area (Å²) in [5.41, 5.74) is 2.11. The maximum atomic E-state index is 10.3. The summed E-state index contributed by atoms with van der Waals surface area (Å²) in [6.45, 7) is 9.20. The number of aromatic nitrogens is 4. The van der Waals surface area contributed by atoms with Crippen LogP contribution in [0.3, 0.4) is 0 Å². The number of benzene rings is 1. The number of unbranched alkanes of at least 4 members (excludes halogenated alkanes) is 3. The van der Waals surface area contributed by atoms with Gasteiger partial charge in [0.25, 0.3) is 0 Å². The van der Waals surface area contributed by atoms with Crippen LogP contribution in [0.25, 0.3) is 0 Å². The number of hydrogen-bond acceptors (Lipinski definition) is 5. The standard InChI is InChI=1S/C21H33N4O2.Na/c1-5-7-11-17-14-16(6-2)19(15-18(17)26)27-13-10-8-9-12-21(3,4)20-22-24-25-23-20;/h14-15H,5-13H2,1-4H3,(H-,22,23,24,25,26);/q-1;+1. The molecule has 0 atom stereocenters. The Labute approximate surface area is 191 Å². The maximum Gasteiger partial charge on any atom is 1.00 e. The van der Waals surface area contributed by atoms with Crippen LogP contribution in [-0.4, -0.2) is 27.1 Å². The molecule has 0 saturated heterocycles. The molecule has 0 unspecified atom stereocenters. The monoisotopic (exact) mass is 396 g/mol. The van der Waals surface area contributed by atoms with E-state index in [0.717, 1.165) is 62.7 Å². The molecule has 0 aliphatic carbocycles. The van der Waals surface area contributed by atoms with Crippen LogP contribution in [0.2, 0.25) is 0 Å². The molecule has 1 heterocycles. The molecule has 2 rings (SSSR count). The van der Waals surface area contributed by atoms with E-state index in [1.165, 1.54) is 5.56 Å². The molecule has 6 nitrogen and oxygen atoms in total. The van der Waals surface area contributed by atoms with Gasteiger partial charge in [0.05, 0.1) is 6.61 Å². The maximum absolute atomic E-state index is 10.3. The van der Waals surface area contributed by atoms with Crippen LogP contribution < -0.4 is 39.5 Å². The minimum atomic E-state index is -0.0974. The molecule has 0 aliphatic heterocycles. The van der Waals surface area contributed by atoms with E-state index < -0.39 is 0 Å². The molecule has 0 amide bonds. The fourth-order valence-electron chi connectivity index (χ4n) is 3.20. The predicted octanol–water partition coefficient (Wildman–Crippen LogP) is 1.36. The summed E-state index contributed by atoms with van der Waals surface area (Å²) in [6.07, 6.45) is 8.17. The largest absolute Gasteiger partial charge is 1.00 e. The van der Waals surface area contributed by atoms with Crippen molar-refractivity contribution < 1.29 is 39.4 Å². The zero-order chi connectivity index (χ0) is 19.7. The smallest absolute Gasteiger partial charge is 0.508 e. The van der Waals surface area contributed by atoms with Crippen LogP contribution in [0.15, 0.2) is 12.1 Å². The molecule has 0 radical (unpaired) electrons. The molecule has 0 aliphatic rings. The van der Waals surface area contributed by atoms with Crippen LogP contribution in [0, 0.1) is 0 Å². The van der Waals surface area contributed by atoms with Gasteiger partial charge in [-0.15, -0.1) is 0 Å². The fourth-order valence-corrected chi connectivity index (χ4v) is 3.20. The van der Waals surface area contributed by atoms with Gasteiger partial charge in [-0.3, -0.25) is 15.5 Å². The van der Waals surface area contributed by atoms with E-state index >= 15 is 0 Å². The van der Waals surface area contributed by atoms with E-state index in [1.54, 1.807) is 6.07 Å². The van der Waals surface area contributed by atoms with Crippen molar-refractivity contribution in [2.24, 2.45) is 0 Å². The molecule has 1 N–H and O–H groups in total.